The molecule has 168 valence electrons. The molecule has 0 heterocycles. The lowest BCUT2D eigenvalue weighted by Gasteiger charge is -2.09. The SMILES string of the molecule is O=S(=O)(c1ccc(Oc2ccc(S(=O)(=O)c3cccc(Cl)c3)cc2)cc1)c1cccc(Cl)c1. The summed E-state index contributed by atoms with van der Waals surface area (Å²) in [7, 11) is -7.44. The maximum atomic E-state index is 12.8. The molecule has 0 aromatic heterocycles. The van der Waals surface area contributed by atoms with Crippen LogP contribution in [0.2, 0.25) is 10.0 Å². The molecule has 0 saturated heterocycles. The Labute approximate surface area is 202 Å². The molecule has 0 bridgehead atoms. The molecule has 0 aliphatic heterocycles. The second-order valence-electron chi connectivity index (χ2n) is 6.97. The van der Waals surface area contributed by atoms with Gasteiger partial charge in [0.05, 0.1) is 19.6 Å². The van der Waals surface area contributed by atoms with Gasteiger partial charge in [-0.05, 0) is 84.9 Å². The normalized spacial score (nSPS) is 11.8. The Morgan fingerprint density at radius 2 is 0.848 bits per heavy atom. The van der Waals surface area contributed by atoms with Gasteiger partial charge in [0.15, 0.2) is 0 Å². The quantitative estimate of drug-likeness (QED) is 0.293. The van der Waals surface area contributed by atoms with Crippen molar-refractivity contribution >= 4 is 42.9 Å². The molecule has 0 aliphatic rings. The fourth-order valence-electron chi connectivity index (χ4n) is 3.05. The Balaban J connectivity index is 1.52. The number of benzene rings is 4. The summed E-state index contributed by atoms with van der Waals surface area (Å²) >= 11 is 11.8. The summed E-state index contributed by atoms with van der Waals surface area (Å²) < 4.78 is 56.8. The monoisotopic (exact) mass is 518 g/mol. The lowest BCUT2D eigenvalue weighted by molar-refractivity contribution is 0.481. The van der Waals surface area contributed by atoms with Crippen LogP contribution in [0.4, 0.5) is 0 Å². The van der Waals surface area contributed by atoms with Crippen LogP contribution in [-0.2, 0) is 19.7 Å². The molecular weight excluding hydrogens is 503 g/mol. The summed E-state index contributed by atoms with van der Waals surface area (Å²) in [5.41, 5.74) is 0. The van der Waals surface area contributed by atoms with E-state index in [1.807, 2.05) is 0 Å². The largest absolute Gasteiger partial charge is 0.457 e. The maximum Gasteiger partial charge on any atom is 0.206 e. The van der Waals surface area contributed by atoms with E-state index in [2.05, 4.69) is 0 Å². The lowest BCUT2D eigenvalue weighted by atomic mass is 10.3. The summed E-state index contributed by atoms with van der Waals surface area (Å²) in [5, 5.41) is 0.661. The molecule has 4 rings (SSSR count). The molecule has 4 aromatic rings. The van der Waals surface area contributed by atoms with Gasteiger partial charge in [-0.2, -0.15) is 0 Å². The van der Waals surface area contributed by atoms with Crippen LogP contribution in [0.5, 0.6) is 11.5 Å². The van der Waals surface area contributed by atoms with Crippen molar-refractivity contribution in [2.75, 3.05) is 0 Å². The van der Waals surface area contributed by atoms with E-state index in [1.165, 1.54) is 72.8 Å². The summed E-state index contributed by atoms with van der Waals surface area (Å²) in [4.78, 5) is 0.389. The molecule has 9 heteroatoms. The number of halogens is 2. The van der Waals surface area contributed by atoms with E-state index in [1.54, 1.807) is 24.3 Å². The summed E-state index contributed by atoms with van der Waals surface area (Å²) in [6.07, 6.45) is 0. The van der Waals surface area contributed by atoms with Gasteiger partial charge in [0.25, 0.3) is 0 Å². The van der Waals surface area contributed by atoms with Gasteiger partial charge >= 0.3 is 0 Å². The van der Waals surface area contributed by atoms with Crippen molar-refractivity contribution < 1.29 is 21.6 Å². The van der Waals surface area contributed by atoms with Crippen molar-refractivity contribution in [1.29, 1.82) is 0 Å². The molecule has 0 aliphatic carbocycles. The fourth-order valence-corrected chi connectivity index (χ4v) is 6.17. The average molecular weight is 519 g/mol. The molecule has 0 atom stereocenters. The summed E-state index contributed by atoms with van der Waals surface area (Å²) in [6.45, 7) is 0. The van der Waals surface area contributed by atoms with Crippen molar-refractivity contribution in [1.82, 2.24) is 0 Å². The maximum absolute atomic E-state index is 12.8. The molecule has 0 amide bonds. The second kappa shape index (κ2) is 9.19. The number of sulfone groups is 2. The number of hydrogen-bond donors (Lipinski definition) is 0. The number of rotatable bonds is 6. The summed E-state index contributed by atoms with van der Waals surface area (Å²) in [6, 6.07) is 23.9. The van der Waals surface area contributed by atoms with Crippen molar-refractivity contribution in [2.45, 2.75) is 19.6 Å². The van der Waals surface area contributed by atoms with Gasteiger partial charge in [-0.1, -0.05) is 35.3 Å². The van der Waals surface area contributed by atoms with Crippen molar-refractivity contribution in [3.8, 4) is 11.5 Å². The number of ether oxygens (including phenoxy) is 1. The predicted octanol–water partition coefficient (Wildman–Crippen LogP) is 6.45. The third-order valence-corrected chi connectivity index (χ3v) is 8.72. The van der Waals surface area contributed by atoms with Crippen LogP contribution < -0.4 is 4.74 Å². The van der Waals surface area contributed by atoms with Gasteiger partial charge in [-0.3, -0.25) is 0 Å². The zero-order chi connectivity index (χ0) is 23.6. The highest BCUT2D eigenvalue weighted by molar-refractivity contribution is 7.91. The third-order valence-electron chi connectivity index (χ3n) is 4.72. The van der Waals surface area contributed by atoms with Gasteiger partial charge in [0.2, 0.25) is 19.7 Å². The summed E-state index contributed by atoms with van der Waals surface area (Å²) in [5.74, 6) is 0.788. The lowest BCUT2D eigenvalue weighted by Crippen LogP contribution is -2.02. The Morgan fingerprint density at radius 1 is 0.485 bits per heavy atom. The molecule has 0 fully saturated rings. The van der Waals surface area contributed by atoms with Gasteiger partial charge in [-0.25, -0.2) is 16.8 Å². The molecule has 0 spiro atoms. The Kier molecular flexibility index (Phi) is 6.50. The minimum atomic E-state index is -3.72. The Hall–Kier alpha value is -2.84. The zero-order valence-electron chi connectivity index (χ0n) is 16.9. The molecule has 33 heavy (non-hydrogen) atoms. The van der Waals surface area contributed by atoms with Crippen molar-refractivity contribution in [2.24, 2.45) is 0 Å². The molecule has 0 N–H and O–H groups in total. The average Bonchev–Trinajstić information content (AvgIpc) is 2.80. The molecule has 5 nitrogen and oxygen atoms in total. The van der Waals surface area contributed by atoms with Crippen molar-refractivity contribution in [3.63, 3.8) is 0 Å². The van der Waals surface area contributed by atoms with E-state index in [4.69, 9.17) is 27.9 Å². The van der Waals surface area contributed by atoms with Crippen LogP contribution >= 0.6 is 23.2 Å². The predicted molar refractivity (Wildman–Crippen MR) is 127 cm³/mol. The van der Waals surface area contributed by atoms with Crippen LogP contribution in [0.15, 0.2) is 117 Å². The molecule has 4 aromatic carbocycles. The van der Waals surface area contributed by atoms with Gasteiger partial charge in [0, 0.05) is 10.0 Å². The Bertz CT molecular complexity index is 1400. The van der Waals surface area contributed by atoms with Gasteiger partial charge in [0.1, 0.15) is 11.5 Å². The van der Waals surface area contributed by atoms with Crippen LogP contribution in [0.25, 0.3) is 0 Å². The standard InChI is InChI=1S/C24H16Cl2O5S2/c25-17-3-1-5-23(15-17)32(27,28)21-11-7-19(8-12-21)31-20-9-13-22(14-10-20)33(29,30)24-6-2-4-18(26)16-24/h1-16H. The topological polar surface area (TPSA) is 77.5 Å². The Morgan fingerprint density at radius 3 is 1.18 bits per heavy atom. The van der Waals surface area contributed by atoms with E-state index in [-0.39, 0.29) is 19.6 Å². The molecule has 0 unspecified atom stereocenters. The first-order valence-corrected chi connectivity index (χ1v) is 13.3. The fraction of sp³-hybridized carbons (Fsp3) is 0. The molecule has 0 radical (unpaired) electrons. The first kappa shape index (κ1) is 23.3. The van der Waals surface area contributed by atoms with Crippen LogP contribution in [0, 0.1) is 0 Å². The highest BCUT2D eigenvalue weighted by atomic mass is 35.5. The molecule has 0 saturated carbocycles. The first-order chi connectivity index (χ1) is 15.7. The van der Waals surface area contributed by atoms with Crippen LogP contribution in [0.3, 0.4) is 0 Å². The van der Waals surface area contributed by atoms with E-state index in [0.717, 1.165) is 0 Å². The van der Waals surface area contributed by atoms with Crippen molar-refractivity contribution in [3.05, 3.63) is 107 Å². The van der Waals surface area contributed by atoms with E-state index in [0.29, 0.717) is 21.5 Å². The van der Waals surface area contributed by atoms with Gasteiger partial charge < -0.3 is 4.74 Å². The number of hydrogen-bond acceptors (Lipinski definition) is 5. The highest BCUT2D eigenvalue weighted by Gasteiger charge is 2.19. The van der Waals surface area contributed by atoms with Crippen LogP contribution in [0.1, 0.15) is 0 Å². The van der Waals surface area contributed by atoms with E-state index < -0.39 is 19.7 Å². The first-order valence-electron chi connectivity index (χ1n) is 9.55. The molecular formula is C24H16Cl2O5S2. The minimum Gasteiger partial charge on any atom is -0.457 e. The van der Waals surface area contributed by atoms with Gasteiger partial charge in [-0.15, -0.1) is 0 Å². The smallest absolute Gasteiger partial charge is 0.206 e. The highest BCUT2D eigenvalue weighted by Crippen LogP contribution is 2.29. The van der Waals surface area contributed by atoms with E-state index >= 15 is 0 Å². The zero-order valence-corrected chi connectivity index (χ0v) is 20.0. The third kappa shape index (κ3) is 5.07. The minimum absolute atomic E-state index is 0.0973. The second-order valence-corrected chi connectivity index (χ2v) is 11.7. The van der Waals surface area contributed by atoms with Crippen LogP contribution in [-0.4, -0.2) is 16.8 Å². The van der Waals surface area contributed by atoms with E-state index in [9.17, 15) is 16.8 Å².